The van der Waals surface area contributed by atoms with Crippen LogP contribution in [0.15, 0.2) is 0 Å². The fourth-order valence-corrected chi connectivity index (χ4v) is 4.89. The van der Waals surface area contributed by atoms with Crippen molar-refractivity contribution in [3.05, 3.63) is 0 Å². The lowest BCUT2D eigenvalue weighted by Gasteiger charge is -2.23. The molecule has 6 heteroatoms. The summed E-state index contributed by atoms with van der Waals surface area (Å²) in [5.74, 6) is 0.558. The molecular formula is C13H24N2O3S. The van der Waals surface area contributed by atoms with E-state index in [1.807, 2.05) is 0 Å². The Morgan fingerprint density at radius 1 is 1.26 bits per heavy atom. The number of rotatable bonds is 4. The van der Waals surface area contributed by atoms with E-state index in [0.717, 1.165) is 0 Å². The number of hydrogen-bond donors (Lipinski definition) is 2. The van der Waals surface area contributed by atoms with Gasteiger partial charge in [0.2, 0.25) is 0 Å². The van der Waals surface area contributed by atoms with Gasteiger partial charge in [0.25, 0.3) is 0 Å². The third-order valence-corrected chi connectivity index (χ3v) is 6.20. The summed E-state index contributed by atoms with van der Waals surface area (Å²) in [6, 6.07) is -0.169. The van der Waals surface area contributed by atoms with E-state index in [1.54, 1.807) is 0 Å². The van der Waals surface area contributed by atoms with Crippen LogP contribution >= 0.6 is 0 Å². The summed E-state index contributed by atoms with van der Waals surface area (Å²) in [5.41, 5.74) is 0.244. The van der Waals surface area contributed by atoms with Gasteiger partial charge in [0.1, 0.15) is 0 Å². The molecule has 2 amide bonds. The van der Waals surface area contributed by atoms with Crippen LogP contribution in [0.4, 0.5) is 4.79 Å². The number of amides is 2. The molecule has 1 aliphatic heterocycles. The van der Waals surface area contributed by atoms with E-state index in [1.165, 1.54) is 25.7 Å². The maximum absolute atomic E-state index is 11.7. The van der Waals surface area contributed by atoms with Gasteiger partial charge in [-0.15, -0.1) is 0 Å². The first-order chi connectivity index (χ1) is 8.89. The minimum atomic E-state index is -2.85. The van der Waals surface area contributed by atoms with Crippen molar-refractivity contribution in [2.24, 2.45) is 11.3 Å². The molecule has 0 aromatic carbocycles. The van der Waals surface area contributed by atoms with Gasteiger partial charge in [-0.2, -0.15) is 0 Å². The molecule has 1 saturated carbocycles. The third-order valence-electron chi connectivity index (χ3n) is 4.36. The molecule has 19 heavy (non-hydrogen) atoms. The summed E-state index contributed by atoms with van der Waals surface area (Å²) in [6.45, 7) is 3.38. The van der Waals surface area contributed by atoms with Crippen molar-refractivity contribution in [1.82, 2.24) is 10.6 Å². The molecule has 1 heterocycles. The van der Waals surface area contributed by atoms with Crippen LogP contribution < -0.4 is 10.6 Å². The molecule has 0 bridgehead atoms. The highest BCUT2D eigenvalue weighted by atomic mass is 32.2. The second kappa shape index (κ2) is 5.69. The lowest BCUT2D eigenvalue weighted by Crippen LogP contribution is -2.42. The fraction of sp³-hybridized carbons (Fsp3) is 0.923. The Bertz CT molecular complexity index is 427. The van der Waals surface area contributed by atoms with Crippen molar-refractivity contribution in [2.45, 2.75) is 39.0 Å². The van der Waals surface area contributed by atoms with Crippen molar-refractivity contribution < 1.29 is 13.2 Å². The third kappa shape index (κ3) is 4.37. The summed E-state index contributed by atoms with van der Waals surface area (Å²) >= 11 is 0. The molecule has 1 aliphatic carbocycles. The van der Waals surface area contributed by atoms with Crippen molar-refractivity contribution in [1.29, 1.82) is 0 Å². The van der Waals surface area contributed by atoms with E-state index in [0.29, 0.717) is 19.5 Å². The van der Waals surface area contributed by atoms with E-state index >= 15 is 0 Å². The zero-order valence-corrected chi connectivity index (χ0v) is 12.4. The minimum absolute atomic E-state index is 0.0813. The van der Waals surface area contributed by atoms with Crippen LogP contribution in [0.25, 0.3) is 0 Å². The van der Waals surface area contributed by atoms with Gasteiger partial charge < -0.3 is 10.6 Å². The maximum Gasteiger partial charge on any atom is 0.314 e. The molecule has 2 fully saturated rings. The first-order valence-electron chi connectivity index (χ1n) is 7.11. The topological polar surface area (TPSA) is 75.3 Å². The number of urea groups is 1. The highest BCUT2D eigenvalue weighted by molar-refractivity contribution is 7.91. The fourth-order valence-electron chi connectivity index (χ4n) is 3.03. The standard InChI is InChI=1S/C13H24N2O3S/c1-13(5-2-3-6-13)10-15-12(16)14-8-11-4-7-19(17,18)9-11/h11H,2-10H2,1H3,(H2,14,15,16)/t11-/m1/s1. The van der Waals surface area contributed by atoms with Gasteiger partial charge in [-0.3, -0.25) is 0 Å². The van der Waals surface area contributed by atoms with Gasteiger partial charge in [0, 0.05) is 13.1 Å². The average molecular weight is 288 g/mol. The van der Waals surface area contributed by atoms with E-state index in [4.69, 9.17) is 0 Å². The molecule has 1 atom stereocenters. The molecular weight excluding hydrogens is 264 g/mol. The van der Waals surface area contributed by atoms with E-state index < -0.39 is 9.84 Å². The van der Waals surface area contributed by atoms with Crippen molar-refractivity contribution in [3.8, 4) is 0 Å². The SMILES string of the molecule is CC1(CNC(=O)NC[C@H]2CCS(=O)(=O)C2)CCCC1. The Balaban J connectivity index is 1.65. The van der Waals surface area contributed by atoms with E-state index in [9.17, 15) is 13.2 Å². The van der Waals surface area contributed by atoms with Crippen LogP contribution in [-0.4, -0.2) is 39.0 Å². The molecule has 0 unspecified atom stereocenters. The van der Waals surface area contributed by atoms with Crippen LogP contribution in [0.2, 0.25) is 0 Å². The zero-order chi connectivity index (χ0) is 13.9. The van der Waals surface area contributed by atoms with Crippen LogP contribution in [0.5, 0.6) is 0 Å². The second-order valence-corrected chi connectivity index (χ2v) is 8.58. The lowest BCUT2D eigenvalue weighted by molar-refractivity contribution is 0.230. The summed E-state index contributed by atoms with van der Waals surface area (Å²) in [4.78, 5) is 11.7. The molecule has 2 rings (SSSR count). The molecule has 0 radical (unpaired) electrons. The van der Waals surface area contributed by atoms with Crippen LogP contribution in [-0.2, 0) is 9.84 Å². The second-order valence-electron chi connectivity index (χ2n) is 6.35. The van der Waals surface area contributed by atoms with Crippen LogP contribution in [0.1, 0.15) is 39.0 Å². The number of nitrogens with one attached hydrogen (secondary N) is 2. The van der Waals surface area contributed by atoms with Crippen LogP contribution in [0, 0.1) is 11.3 Å². The number of carbonyl (C=O) groups is 1. The molecule has 0 aromatic heterocycles. The summed E-state index contributed by atoms with van der Waals surface area (Å²) < 4.78 is 22.6. The van der Waals surface area contributed by atoms with Gasteiger partial charge in [-0.25, -0.2) is 13.2 Å². The Labute approximate surface area is 115 Å². The highest BCUT2D eigenvalue weighted by Gasteiger charge is 2.30. The smallest absolute Gasteiger partial charge is 0.314 e. The maximum atomic E-state index is 11.7. The predicted octanol–water partition coefficient (Wildman–Crippen LogP) is 1.30. The Kier molecular flexibility index (Phi) is 4.38. The Hall–Kier alpha value is -0.780. The Morgan fingerprint density at radius 3 is 2.53 bits per heavy atom. The first-order valence-corrected chi connectivity index (χ1v) is 8.93. The van der Waals surface area contributed by atoms with Gasteiger partial charge in [0.15, 0.2) is 9.84 Å². The predicted molar refractivity (Wildman–Crippen MR) is 74.7 cm³/mol. The van der Waals surface area contributed by atoms with Gasteiger partial charge in [-0.05, 0) is 30.6 Å². The minimum Gasteiger partial charge on any atom is -0.338 e. The molecule has 2 aliphatic rings. The number of hydrogen-bond acceptors (Lipinski definition) is 3. The summed E-state index contributed by atoms with van der Waals surface area (Å²) in [5, 5.41) is 5.70. The molecule has 5 nitrogen and oxygen atoms in total. The van der Waals surface area contributed by atoms with E-state index in [-0.39, 0.29) is 28.9 Å². The molecule has 1 saturated heterocycles. The number of sulfone groups is 1. The summed E-state index contributed by atoms with van der Waals surface area (Å²) in [6.07, 6.45) is 5.52. The largest absolute Gasteiger partial charge is 0.338 e. The summed E-state index contributed by atoms with van der Waals surface area (Å²) in [7, 11) is -2.85. The average Bonchev–Trinajstić information content (AvgIpc) is 2.91. The Morgan fingerprint density at radius 2 is 1.95 bits per heavy atom. The molecule has 0 spiro atoms. The van der Waals surface area contributed by atoms with Crippen LogP contribution in [0.3, 0.4) is 0 Å². The van der Waals surface area contributed by atoms with Gasteiger partial charge in [-0.1, -0.05) is 19.8 Å². The van der Waals surface area contributed by atoms with Gasteiger partial charge in [0.05, 0.1) is 11.5 Å². The lowest BCUT2D eigenvalue weighted by atomic mass is 9.89. The van der Waals surface area contributed by atoms with Crippen molar-refractivity contribution in [3.63, 3.8) is 0 Å². The number of carbonyl (C=O) groups excluding carboxylic acids is 1. The van der Waals surface area contributed by atoms with Gasteiger partial charge >= 0.3 is 6.03 Å². The van der Waals surface area contributed by atoms with E-state index in [2.05, 4.69) is 17.6 Å². The quantitative estimate of drug-likeness (QED) is 0.819. The molecule has 0 aromatic rings. The first kappa shape index (κ1) is 14.6. The monoisotopic (exact) mass is 288 g/mol. The highest BCUT2D eigenvalue weighted by Crippen LogP contribution is 2.36. The van der Waals surface area contributed by atoms with Crippen molar-refractivity contribution in [2.75, 3.05) is 24.6 Å². The normalized spacial score (nSPS) is 28.2. The van der Waals surface area contributed by atoms with Crippen molar-refractivity contribution >= 4 is 15.9 Å². The zero-order valence-electron chi connectivity index (χ0n) is 11.6. The molecule has 110 valence electrons. The molecule has 2 N–H and O–H groups in total.